The Bertz CT molecular complexity index is 3210. The summed E-state index contributed by atoms with van der Waals surface area (Å²) < 4.78 is 8.81. The van der Waals surface area contributed by atoms with Crippen molar-refractivity contribution in [2.75, 3.05) is 68.0 Å². The quantitative estimate of drug-likeness (QED) is 0.0779. The number of aliphatic imine (C=N–C) groups is 1. The monoisotopic (exact) mass is 1010 g/mol. The van der Waals surface area contributed by atoms with Crippen molar-refractivity contribution >= 4 is 68.9 Å². The molecule has 4 N–H and O–H groups in total. The molecular weight excluding hydrogens is 949 g/mol. The van der Waals surface area contributed by atoms with E-state index in [0.29, 0.717) is 94.1 Å². The second-order valence-electron chi connectivity index (χ2n) is 19.3. The topological polar surface area (TPSA) is 246 Å². The molecule has 0 unspecified atom stereocenters. The van der Waals surface area contributed by atoms with Crippen LogP contribution in [0, 0.1) is 22.7 Å². The number of rotatable bonds is 16. The minimum atomic E-state index is -0.817. The molecule has 4 amide bonds. The highest BCUT2D eigenvalue weighted by Crippen LogP contribution is 2.38. The molecule has 3 fully saturated rings. The first-order valence-corrected chi connectivity index (χ1v) is 25.4. The molecule has 9 rings (SSSR count). The summed E-state index contributed by atoms with van der Waals surface area (Å²) in [6.07, 6.45) is 10.3. The lowest BCUT2D eigenvalue weighted by atomic mass is 9.84. The molecule has 19 nitrogen and oxygen atoms in total. The summed E-state index contributed by atoms with van der Waals surface area (Å²) in [6, 6.07) is 30.4. The van der Waals surface area contributed by atoms with Crippen LogP contribution in [0.1, 0.15) is 107 Å². The fraction of sp³-hybridized carbons (Fsp3) is 0.357. The summed E-state index contributed by atoms with van der Waals surface area (Å²) in [5, 5.41) is 37.0. The molecule has 0 aliphatic carbocycles. The first kappa shape index (κ1) is 51.2. The summed E-state index contributed by atoms with van der Waals surface area (Å²) in [5.41, 5.74) is 9.07. The fourth-order valence-electron chi connectivity index (χ4n) is 10.2. The average molecular weight is 1010 g/mol. The number of ether oxygens (including phenoxy) is 1. The van der Waals surface area contributed by atoms with Crippen LogP contribution in [0.2, 0.25) is 0 Å². The minimum absolute atomic E-state index is 0.0917. The smallest absolute Gasteiger partial charge is 0.272 e. The van der Waals surface area contributed by atoms with Crippen LogP contribution in [0.25, 0.3) is 10.9 Å². The summed E-state index contributed by atoms with van der Waals surface area (Å²) in [6.45, 7) is 8.34. The predicted octanol–water partition coefficient (Wildman–Crippen LogP) is 8.10. The summed E-state index contributed by atoms with van der Waals surface area (Å²) >= 11 is 0. The predicted molar refractivity (Wildman–Crippen MR) is 285 cm³/mol. The highest BCUT2D eigenvalue weighted by atomic mass is 16.5. The zero-order chi connectivity index (χ0) is 52.5. The van der Waals surface area contributed by atoms with Crippen LogP contribution in [0.4, 0.5) is 28.7 Å². The van der Waals surface area contributed by atoms with E-state index in [0.717, 1.165) is 41.8 Å². The number of allylic oxidation sites excluding steroid dienone is 2. The number of hydrogen-bond donors (Lipinski definition) is 3. The van der Waals surface area contributed by atoms with Crippen LogP contribution >= 0.6 is 0 Å². The van der Waals surface area contributed by atoms with Gasteiger partial charge in [-0.2, -0.15) is 20.7 Å². The van der Waals surface area contributed by atoms with Gasteiger partial charge in [0.25, 0.3) is 23.6 Å². The van der Waals surface area contributed by atoms with Crippen molar-refractivity contribution in [3.8, 4) is 12.1 Å². The summed E-state index contributed by atoms with van der Waals surface area (Å²) in [4.78, 5) is 69.8. The molecule has 0 atom stereocenters. The van der Waals surface area contributed by atoms with Gasteiger partial charge in [0.05, 0.1) is 54.8 Å². The van der Waals surface area contributed by atoms with Crippen molar-refractivity contribution in [2.45, 2.75) is 76.3 Å². The number of nitrogens with two attached hydrogens (primary N) is 1. The van der Waals surface area contributed by atoms with Crippen molar-refractivity contribution in [3.05, 3.63) is 132 Å². The largest absolute Gasteiger partial charge is 0.378 e. The zero-order valence-electron chi connectivity index (χ0n) is 42.2. The number of carbonyl (C=O) groups excluding carboxylic acids is 4. The van der Waals surface area contributed by atoms with E-state index >= 15 is 0 Å². The third kappa shape index (κ3) is 11.1. The molecule has 6 aromatic rings. The Labute approximate surface area is 435 Å². The molecular formula is C56H60N14O5. The Morgan fingerprint density at radius 1 is 0.760 bits per heavy atom. The van der Waals surface area contributed by atoms with Gasteiger partial charge in [-0.1, -0.05) is 43.7 Å². The lowest BCUT2D eigenvalue weighted by molar-refractivity contribution is 0.0569. The number of nitriles is 2. The number of fused-ring (bicyclic) bond motifs is 1. The van der Waals surface area contributed by atoms with Crippen LogP contribution in [-0.4, -0.2) is 116 Å². The van der Waals surface area contributed by atoms with Crippen molar-refractivity contribution < 1.29 is 23.9 Å². The lowest BCUT2D eigenvalue weighted by Crippen LogP contribution is -2.48. The van der Waals surface area contributed by atoms with Crippen LogP contribution in [0.3, 0.4) is 0 Å². The van der Waals surface area contributed by atoms with Crippen molar-refractivity contribution in [1.29, 1.82) is 10.5 Å². The molecule has 3 aliphatic rings. The van der Waals surface area contributed by atoms with Gasteiger partial charge in [-0.3, -0.25) is 28.5 Å². The van der Waals surface area contributed by atoms with Gasteiger partial charge < -0.3 is 35.8 Å². The number of carbonyl (C=O) groups is 4. The van der Waals surface area contributed by atoms with E-state index in [-0.39, 0.29) is 47.4 Å². The summed E-state index contributed by atoms with van der Waals surface area (Å²) in [5.74, 6) is -1.06. The molecule has 75 heavy (non-hydrogen) atoms. The number of piperidine rings is 2. The van der Waals surface area contributed by atoms with Crippen LogP contribution in [0.15, 0.2) is 114 Å². The number of nitrogens with zero attached hydrogens (tertiary/aromatic N) is 11. The lowest BCUT2D eigenvalue weighted by Gasteiger charge is -2.40. The maximum absolute atomic E-state index is 14.3. The highest BCUT2D eigenvalue weighted by Gasteiger charge is 2.41. The third-order valence-corrected chi connectivity index (χ3v) is 14.5. The van der Waals surface area contributed by atoms with Crippen LogP contribution in [-0.2, 0) is 15.8 Å². The molecule has 3 aromatic carbocycles. The molecule has 6 heterocycles. The third-order valence-electron chi connectivity index (χ3n) is 14.5. The number of para-hydroxylation sites is 1. The van der Waals surface area contributed by atoms with Gasteiger partial charge in [0, 0.05) is 85.4 Å². The van der Waals surface area contributed by atoms with Gasteiger partial charge >= 0.3 is 0 Å². The van der Waals surface area contributed by atoms with Gasteiger partial charge in [0.15, 0.2) is 11.6 Å². The maximum Gasteiger partial charge on any atom is 0.272 e. The Kier molecular flexibility index (Phi) is 15.4. The van der Waals surface area contributed by atoms with E-state index < -0.39 is 22.9 Å². The fourth-order valence-corrected chi connectivity index (χ4v) is 10.2. The Morgan fingerprint density at radius 3 is 2.00 bits per heavy atom. The van der Waals surface area contributed by atoms with E-state index in [1.54, 1.807) is 61.9 Å². The maximum atomic E-state index is 14.3. The number of anilines is 4. The Hall–Kier alpha value is -8.68. The van der Waals surface area contributed by atoms with Crippen LogP contribution < -0.4 is 21.3 Å². The normalized spacial score (nSPS) is 16.6. The van der Waals surface area contributed by atoms with E-state index in [4.69, 9.17) is 25.7 Å². The molecule has 3 aliphatic heterocycles. The molecule has 0 saturated carbocycles. The van der Waals surface area contributed by atoms with E-state index in [2.05, 4.69) is 32.7 Å². The molecule has 0 spiro atoms. The second-order valence-corrected chi connectivity index (χ2v) is 19.3. The van der Waals surface area contributed by atoms with Crippen molar-refractivity contribution in [3.63, 3.8) is 0 Å². The highest BCUT2D eigenvalue weighted by molar-refractivity contribution is 6.08. The average Bonchev–Trinajstić information content (AvgIpc) is 4.08. The number of amides is 4. The van der Waals surface area contributed by atoms with Gasteiger partial charge in [0.1, 0.15) is 16.8 Å². The van der Waals surface area contributed by atoms with Gasteiger partial charge in [-0.15, -0.1) is 0 Å². The van der Waals surface area contributed by atoms with E-state index in [1.165, 1.54) is 0 Å². The van der Waals surface area contributed by atoms with Gasteiger partial charge in [0.2, 0.25) is 0 Å². The molecule has 3 saturated heterocycles. The zero-order valence-corrected chi connectivity index (χ0v) is 42.2. The molecule has 0 bridgehead atoms. The first-order chi connectivity index (χ1) is 36.4. The van der Waals surface area contributed by atoms with Crippen molar-refractivity contribution in [2.24, 2.45) is 10.7 Å². The van der Waals surface area contributed by atoms with Gasteiger partial charge in [-0.05, 0) is 106 Å². The SMILES string of the molecule is C/C=C\C(CCC)=Nc1nn(C2(CC#N)CCN(C(=O)c3ccc4ccccc4n3)CC2)cc1C(=O)Nc1ccc(Nc2nn(C3(CC#N)CCN(C(=O)c4ccc(N5CCOCC5)cc4)CC3)cc2C(N)=O)cc1. The number of morpholine rings is 1. The molecule has 384 valence electrons. The Balaban J connectivity index is 0.893. The van der Waals surface area contributed by atoms with Crippen LogP contribution in [0.5, 0.6) is 0 Å². The van der Waals surface area contributed by atoms with Crippen molar-refractivity contribution in [1.82, 2.24) is 34.3 Å². The number of aromatic nitrogens is 5. The summed E-state index contributed by atoms with van der Waals surface area (Å²) in [7, 11) is 0. The standard InChI is InChI=1S/C56H60N14O5/c1-3-7-41(8-4-2)60-51-46(38-70(65-51)56(22-28-58)25-31-68(32-26-56)54(74)48-20-13-39-9-5-6-10-47(39)63-48)52(72)62-43-16-14-42(15-17-43)61-50-45(49(59)71)37-69(64-50)55(21-27-57)23-29-67(30-24-55)53(73)40-11-18-44(19-12-40)66-33-35-75-36-34-66/h3,5-7,9-20,37-38H,4,8,21-26,29-36H2,1-2H3,(H2,59,71)(H,61,64)(H,62,72)/b7-3-,60-41?. The van der Waals surface area contributed by atoms with Gasteiger partial charge in [-0.25, -0.2) is 9.98 Å². The number of pyridine rings is 1. The molecule has 19 heteroatoms. The van der Waals surface area contributed by atoms with E-state index in [9.17, 15) is 29.7 Å². The Morgan fingerprint density at radius 2 is 1.37 bits per heavy atom. The number of hydrogen-bond acceptors (Lipinski definition) is 13. The number of benzene rings is 3. The number of primary amides is 1. The molecule has 3 aromatic heterocycles. The molecule has 0 radical (unpaired) electrons. The number of likely N-dealkylation sites (tertiary alicyclic amines) is 2. The first-order valence-electron chi connectivity index (χ1n) is 25.4. The van der Waals surface area contributed by atoms with E-state index in [1.807, 2.05) is 80.6 Å². The second kappa shape index (κ2) is 22.6. The number of nitrogens with one attached hydrogen (secondary N) is 2. The minimum Gasteiger partial charge on any atom is -0.378 e.